The Balaban J connectivity index is 1.25. The van der Waals surface area contributed by atoms with Gasteiger partial charge in [0.25, 0.3) is 0 Å². The molecule has 6 nitrogen and oxygen atoms in total. The van der Waals surface area contributed by atoms with E-state index in [0.29, 0.717) is 0 Å². The van der Waals surface area contributed by atoms with Gasteiger partial charge in [-0.05, 0) is 51.6 Å². The lowest BCUT2D eigenvalue weighted by Crippen LogP contribution is -2.25. The molecule has 5 aromatic carbocycles. The van der Waals surface area contributed by atoms with E-state index >= 15 is 0 Å². The Labute approximate surface area is 273 Å². The average Bonchev–Trinajstić information content (AvgIpc) is 3.95. The van der Waals surface area contributed by atoms with E-state index in [-0.39, 0.29) is 0 Å². The van der Waals surface area contributed by atoms with Crippen LogP contribution in [0.15, 0.2) is 144 Å². The highest BCUT2D eigenvalue weighted by Gasteiger charge is 2.53. The first-order valence-electron chi connectivity index (χ1n) is 16.2. The van der Waals surface area contributed by atoms with Crippen molar-refractivity contribution in [3.63, 3.8) is 0 Å². The van der Waals surface area contributed by atoms with Gasteiger partial charge in [0.1, 0.15) is 11.2 Å². The van der Waals surface area contributed by atoms with Gasteiger partial charge in [0, 0.05) is 34.3 Å². The summed E-state index contributed by atoms with van der Waals surface area (Å²) in [6, 6.07) is 43.5. The third kappa shape index (κ3) is 2.69. The summed E-state index contributed by atoms with van der Waals surface area (Å²) in [4.78, 5) is 15.1. The van der Waals surface area contributed by atoms with Crippen molar-refractivity contribution in [1.82, 2.24) is 23.8 Å². The van der Waals surface area contributed by atoms with Crippen molar-refractivity contribution in [2.75, 3.05) is 0 Å². The molecule has 1 spiro atoms. The molecule has 0 unspecified atom stereocenters. The van der Waals surface area contributed by atoms with Crippen LogP contribution in [0, 0.1) is 0 Å². The van der Waals surface area contributed by atoms with Gasteiger partial charge in [-0.1, -0.05) is 103 Å². The molecule has 0 saturated carbocycles. The fourth-order valence-corrected chi connectivity index (χ4v) is 8.95. The molecule has 2 aliphatic rings. The predicted molar refractivity (Wildman–Crippen MR) is 188 cm³/mol. The fraction of sp³-hybridized carbons (Fsp3) is 0.0238. The number of benzene rings is 5. The second kappa shape index (κ2) is 8.43. The third-order valence-electron chi connectivity index (χ3n) is 10.7. The van der Waals surface area contributed by atoms with Gasteiger partial charge < -0.3 is 4.42 Å². The van der Waals surface area contributed by atoms with Crippen LogP contribution < -0.4 is 0 Å². The molecule has 0 atom stereocenters. The molecule has 10 aromatic rings. The summed E-state index contributed by atoms with van der Waals surface area (Å²) in [5.41, 5.74) is 16.5. The number of rotatable bonds is 1. The largest absolute Gasteiger partial charge is 0.455 e. The van der Waals surface area contributed by atoms with E-state index in [0.717, 1.165) is 61.3 Å². The van der Waals surface area contributed by atoms with Gasteiger partial charge in [0.05, 0.1) is 28.5 Å². The Kier molecular flexibility index (Phi) is 4.33. The van der Waals surface area contributed by atoms with Gasteiger partial charge in [0.15, 0.2) is 16.9 Å². The van der Waals surface area contributed by atoms with Crippen LogP contribution in [0.1, 0.15) is 22.3 Å². The van der Waals surface area contributed by atoms with Crippen LogP contribution in [0.5, 0.6) is 0 Å². The molecule has 222 valence electrons. The van der Waals surface area contributed by atoms with Crippen LogP contribution in [0.4, 0.5) is 0 Å². The molecule has 12 rings (SSSR count). The summed E-state index contributed by atoms with van der Waals surface area (Å²) in [6.07, 6.45) is 5.50. The van der Waals surface area contributed by atoms with Crippen LogP contribution >= 0.6 is 0 Å². The SMILES string of the molecule is c1ccc2c(c1)-c1ccccc1C21c2ccccc2-c2c1cc1c3ncc(-c4cccc5c4oc4ccccc45)n3c3nccnc3n21. The summed E-state index contributed by atoms with van der Waals surface area (Å²) < 4.78 is 10.9. The number of para-hydroxylation sites is 2. The number of hydrogen-bond donors (Lipinski definition) is 0. The average molecular weight is 614 g/mol. The first-order valence-corrected chi connectivity index (χ1v) is 16.2. The van der Waals surface area contributed by atoms with Crippen molar-refractivity contribution in [3.05, 3.63) is 162 Å². The number of imidazole rings is 1. The topological polar surface area (TPSA) is 60.6 Å². The van der Waals surface area contributed by atoms with Crippen molar-refractivity contribution >= 4 is 44.4 Å². The minimum atomic E-state index is -0.466. The minimum absolute atomic E-state index is 0.466. The second-order valence-corrected chi connectivity index (χ2v) is 12.8. The van der Waals surface area contributed by atoms with E-state index < -0.39 is 5.41 Å². The fourth-order valence-electron chi connectivity index (χ4n) is 8.95. The predicted octanol–water partition coefficient (Wildman–Crippen LogP) is 9.44. The van der Waals surface area contributed by atoms with E-state index in [1.54, 1.807) is 12.4 Å². The van der Waals surface area contributed by atoms with Gasteiger partial charge >= 0.3 is 0 Å². The molecule has 0 radical (unpaired) electrons. The number of hydrogen-bond acceptors (Lipinski definition) is 4. The molecule has 0 fully saturated rings. The lowest BCUT2D eigenvalue weighted by Gasteiger charge is -2.29. The van der Waals surface area contributed by atoms with E-state index in [2.05, 4.69) is 118 Å². The van der Waals surface area contributed by atoms with Crippen LogP contribution in [-0.4, -0.2) is 23.8 Å². The summed E-state index contributed by atoms with van der Waals surface area (Å²) >= 11 is 0. The van der Waals surface area contributed by atoms with Crippen LogP contribution in [0.3, 0.4) is 0 Å². The summed E-state index contributed by atoms with van der Waals surface area (Å²) in [5.74, 6) is 0. The van der Waals surface area contributed by atoms with Crippen molar-refractivity contribution in [3.8, 4) is 33.6 Å². The zero-order chi connectivity index (χ0) is 31.1. The highest BCUT2D eigenvalue weighted by atomic mass is 16.3. The standard InChI is InChI=1S/C42H23N5O/c1-5-16-30-24(10-1)25-11-2-6-17-31(25)42(30)32-18-7-3-13-28(32)37-33(42)22-34-39-45-23-35(47(39)41-40(46(34)37)43-20-21-44-41)29-15-9-14-27-26-12-4-8-19-36(26)48-38(27)29/h1-23H. The van der Waals surface area contributed by atoms with Gasteiger partial charge in [0.2, 0.25) is 0 Å². The lowest BCUT2D eigenvalue weighted by molar-refractivity contribution is 0.670. The maximum Gasteiger partial charge on any atom is 0.183 e. The summed E-state index contributed by atoms with van der Waals surface area (Å²) in [5, 5.41) is 2.17. The third-order valence-corrected chi connectivity index (χ3v) is 10.7. The molecule has 0 aliphatic heterocycles. The molecule has 5 aromatic heterocycles. The van der Waals surface area contributed by atoms with Crippen molar-refractivity contribution in [2.24, 2.45) is 0 Å². The Morgan fingerprint density at radius 1 is 0.500 bits per heavy atom. The molecule has 6 heteroatoms. The smallest absolute Gasteiger partial charge is 0.183 e. The van der Waals surface area contributed by atoms with Gasteiger partial charge in [-0.2, -0.15) is 0 Å². The number of furan rings is 1. The minimum Gasteiger partial charge on any atom is -0.455 e. The monoisotopic (exact) mass is 613 g/mol. The van der Waals surface area contributed by atoms with E-state index in [4.69, 9.17) is 19.4 Å². The second-order valence-electron chi connectivity index (χ2n) is 12.8. The van der Waals surface area contributed by atoms with Gasteiger partial charge in [-0.15, -0.1) is 0 Å². The van der Waals surface area contributed by atoms with Gasteiger partial charge in [-0.3, -0.25) is 8.80 Å². The van der Waals surface area contributed by atoms with Crippen LogP contribution in [-0.2, 0) is 5.41 Å². The van der Waals surface area contributed by atoms with Gasteiger partial charge in [-0.25, -0.2) is 15.0 Å². The Hall–Kier alpha value is -6.53. The first kappa shape index (κ1) is 24.7. The molecular formula is C42H23N5O. The molecule has 48 heavy (non-hydrogen) atoms. The molecule has 2 aliphatic carbocycles. The van der Waals surface area contributed by atoms with Crippen molar-refractivity contribution in [1.29, 1.82) is 0 Å². The molecule has 0 amide bonds. The molecule has 5 heterocycles. The normalized spacial score (nSPS) is 14.0. The molecule has 0 bridgehead atoms. The molecule has 0 N–H and O–H groups in total. The maximum atomic E-state index is 6.49. The lowest BCUT2D eigenvalue weighted by atomic mass is 9.71. The van der Waals surface area contributed by atoms with E-state index in [9.17, 15) is 0 Å². The van der Waals surface area contributed by atoms with Crippen LogP contribution in [0.25, 0.3) is 78.0 Å². The molecular weight excluding hydrogens is 590 g/mol. The van der Waals surface area contributed by atoms with E-state index in [1.165, 1.54) is 38.9 Å². The van der Waals surface area contributed by atoms with Crippen LogP contribution in [0.2, 0.25) is 0 Å². The Morgan fingerprint density at radius 3 is 1.88 bits per heavy atom. The Bertz CT molecular complexity index is 2990. The first-order chi connectivity index (χ1) is 23.8. The van der Waals surface area contributed by atoms with E-state index in [1.807, 2.05) is 18.3 Å². The Morgan fingerprint density at radius 2 is 1.10 bits per heavy atom. The number of nitrogens with zero attached hydrogens (tertiary/aromatic N) is 5. The summed E-state index contributed by atoms with van der Waals surface area (Å²) in [7, 11) is 0. The van der Waals surface area contributed by atoms with Crippen molar-refractivity contribution < 1.29 is 4.42 Å². The zero-order valence-corrected chi connectivity index (χ0v) is 25.4. The zero-order valence-electron chi connectivity index (χ0n) is 25.4. The highest BCUT2D eigenvalue weighted by molar-refractivity contribution is 6.10. The van der Waals surface area contributed by atoms with Crippen molar-refractivity contribution in [2.45, 2.75) is 5.41 Å². The highest BCUT2D eigenvalue weighted by Crippen LogP contribution is 2.63. The quantitative estimate of drug-likeness (QED) is 0.185. The number of fused-ring (bicyclic) bond motifs is 20. The maximum absolute atomic E-state index is 6.49. The number of aromatic nitrogens is 5. The summed E-state index contributed by atoms with van der Waals surface area (Å²) in [6.45, 7) is 0. The molecule has 0 saturated heterocycles.